The molecule has 0 spiro atoms. The number of carbonyl (C=O) groups is 1. The van der Waals surface area contributed by atoms with Crippen molar-refractivity contribution in [3.05, 3.63) is 24.3 Å². The van der Waals surface area contributed by atoms with Gasteiger partial charge in [-0.15, -0.1) is 0 Å². The van der Waals surface area contributed by atoms with Crippen LogP contribution in [-0.2, 0) is 14.6 Å². The molecule has 2 rings (SSSR count). The Morgan fingerprint density at radius 1 is 1.23 bits per heavy atom. The second-order valence-corrected chi connectivity index (χ2v) is 7.76. The number of amides is 1. The van der Waals surface area contributed by atoms with Crippen LogP contribution >= 0.6 is 0 Å². The maximum Gasteiger partial charge on any atom is 0.220 e. The van der Waals surface area contributed by atoms with Gasteiger partial charge in [0.2, 0.25) is 5.91 Å². The molecule has 5 nitrogen and oxygen atoms in total. The van der Waals surface area contributed by atoms with Crippen LogP contribution in [0.25, 0.3) is 0 Å². The standard InChI is InChI=1S/C16H23NO4S/c1-22(19,20)15-10-8-14(9-11-15)21-12-4-7-16(18)17-13-5-2-3-6-13/h8-11,13H,2-7,12H2,1H3,(H,17,18). The van der Waals surface area contributed by atoms with E-state index in [1.165, 1.54) is 31.2 Å². The van der Waals surface area contributed by atoms with Crippen LogP contribution in [0.5, 0.6) is 5.75 Å². The molecule has 1 fully saturated rings. The molecule has 1 N–H and O–H groups in total. The van der Waals surface area contributed by atoms with Gasteiger partial charge >= 0.3 is 0 Å². The number of carbonyl (C=O) groups excluding carboxylic acids is 1. The van der Waals surface area contributed by atoms with Gasteiger partial charge in [0.25, 0.3) is 0 Å². The van der Waals surface area contributed by atoms with Crippen molar-refractivity contribution in [1.82, 2.24) is 5.32 Å². The van der Waals surface area contributed by atoms with Crippen molar-refractivity contribution in [1.29, 1.82) is 0 Å². The van der Waals surface area contributed by atoms with Gasteiger partial charge < -0.3 is 10.1 Å². The van der Waals surface area contributed by atoms with Crippen LogP contribution in [0.3, 0.4) is 0 Å². The normalized spacial score (nSPS) is 15.7. The first kappa shape index (κ1) is 16.8. The number of rotatable bonds is 7. The molecular formula is C16H23NO4S. The Balaban J connectivity index is 1.67. The molecule has 1 aliphatic carbocycles. The van der Waals surface area contributed by atoms with Gasteiger partial charge in [-0.2, -0.15) is 0 Å². The molecule has 0 bridgehead atoms. The third kappa shape index (κ3) is 5.33. The molecule has 1 amide bonds. The summed E-state index contributed by atoms with van der Waals surface area (Å²) in [4.78, 5) is 12.0. The maximum absolute atomic E-state index is 11.7. The van der Waals surface area contributed by atoms with E-state index < -0.39 is 9.84 Å². The average molecular weight is 325 g/mol. The first-order chi connectivity index (χ1) is 10.4. The van der Waals surface area contributed by atoms with E-state index in [1.54, 1.807) is 12.1 Å². The summed E-state index contributed by atoms with van der Waals surface area (Å²) in [5, 5.41) is 3.04. The average Bonchev–Trinajstić information content (AvgIpc) is 2.96. The zero-order valence-corrected chi connectivity index (χ0v) is 13.7. The number of nitrogens with one attached hydrogen (secondary N) is 1. The zero-order valence-electron chi connectivity index (χ0n) is 12.9. The number of sulfone groups is 1. The minimum absolute atomic E-state index is 0.0860. The molecule has 1 aromatic rings. The van der Waals surface area contributed by atoms with Gasteiger partial charge in [-0.05, 0) is 43.5 Å². The smallest absolute Gasteiger partial charge is 0.220 e. The fourth-order valence-corrected chi connectivity index (χ4v) is 3.21. The Labute approximate surface area is 132 Å². The van der Waals surface area contributed by atoms with Crippen LogP contribution in [0.15, 0.2) is 29.2 Å². The number of ether oxygens (including phenoxy) is 1. The second-order valence-electron chi connectivity index (χ2n) is 5.74. The maximum atomic E-state index is 11.7. The monoisotopic (exact) mass is 325 g/mol. The molecule has 122 valence electrons. The highest BCUT2D eigenvalue weighted by Gasteiger charge is 2.16. The van der Waals surface area contributed by atoms with E-state index in [0.717, 1.165) is 12.8 Å². The molecule has 1 aliphatic rings. The fraction of sp³-hybridized carbons (Fsp3) is 0.562. The molecule has 0 radical (unpaired) electrons. The van der Waals surface area contributed by atoms with Gasteiger partial charge in [0, 0.05) is 18.7 Å². The summed E-state index contributed by atoms with van der Waals surface area (Å²) in [6.45, 7) is 0.441. The Bertz CT molecular complexity index is 589. The molecule has 0 unspecified atom stereocenters. The lowest BCUT2D eigenvalue weighted by atomic mass is 10.2. The van der Waals surface area contributed by atoms with Gasteiger partial charge in [0.15, 0.2) is 9.84 Å². The summed E-state index contributed by atoms with van der Waals surface area (Å²) in [7, 11) is -3.18. The lowest BCUT2D eigenvalue weighted by Gasteiger charge is -2.12. The van der Waals surface area contributed by atoms with E-state index in [4.69, 9.17) is 4.74 Å². The lowest BCUT2D eigenvalue weighted by Crippen LogP contribution is -2.32. The third-order valence-corrected chi connectivity index (χ3v) is 4.92. The van der Waals surface area contributed by atoms with Crippen LogP contribution < -0.4 is 10.1 Å². The molecule has 1 saturated carbocycles. The molecule has 0 heterocycles. The van der Waals surface area contributed by atoms with Gasteiger partial charge in [0.1, 0.15) is 5.75 Å². The Kier molecular flexibility index (Phi) is 5.83. The number of hydrogen-bond donors (Lipinski definition) is 1. The summed E-state index contributed by atoms with van der Waals surface area (Å²) in [5.41, 5.74) is 0. The van der Waals surface area contributed by atoms with Crippen molar-refractivity contribution in [3.8, 4) is 5.75 Å². The Morgan fingerprint density at radius 3 is 2.45 bits per heavy atom. The SMILES string of the molecule is CS(=O)(=O)c1ccc(OCCCC(=O)NC2CCCC2)cc1. The summed E-state index contributed by atoms with van der Waals surface area (Å²) in [5.74, 6) is 0.700. The van der Waals surface area contributed by atoms with Gasteiger partial charge in [-0.25, -0.2) is 8.42 Å². The van der Waals surface area contributed by atoms with Crippen molar-refractivity contribution in [3.63, 3.8) is 0 Å². The van der Waals surface area contributed by atoms with E-state index >= 15 is 0 Å². The minimum atomic E-state index is -3.18. The van der Waals surface area contributed by atoms with Crippen molar-refractivity contribution < 1.29 is 17.9 Å². The summed E-state index contributed by atoms with van der Waals surface area (Å²) < 4.78 is 28.2. The first-order valence-electron chi connectivity index (χ1n) is 7.67. The summed E-state index contributed by atoms with van der Waals surface area (Å²) >= 11 is 0. The molecule has 22 heavy (non-hydrogen) atoms. The minimum Gasteiger partial charge on any atom is -0.494 e. The molecule has 0 atom stereocenters. The topological polar surface area (TPSA) is 72.5 Å². The molecule has 0 aromatic heterocycles. The Hall–Kier alpha value is -1.56. The predicted molar refractivity (Wildman–Crippen MR) is 84.7 cm³/mol. The summed E-state index contributed by atoms with van der Waals surface area (Å²) in [6, 6.07) is 6.68. The highest BCUT2D eigenvalue weighted by atomic mass is 32.2. The van der Waals surface area contributed by atoms with E-state index in [9.17, 15) is 13.2 Å². The van der Waals surface area contributed by atoms with Crippen molar-refractivity contribution >= 4 is 15.7 Å². The molecule has 0 aliphatic heterocycles. The fourth-order valence-electron chi connectivity index (χ4n) is 2.58. The van der Waals surface area contributed by atoms with E-state index in [0.29, 0.717) is 31.2 Å². The highest BCUT2D eigenvalue weighted by molar-refractivity contribution is 7.90. The van der Waals surface area contributed by atoms with Crippen molar-refractivity contribution in [2.45, 2.75) is 49.5 Å². The van der Waals surface area contributed by atoms with E-state index in [2.05, 4.69) is 5.32 Å². The molecular weight excluding hydrogens is 302 g/mol. The third-order valence-electron chi connectivity index (χ3n) is 3.79. The van der Waals surface area contributed by atoms with Crippen LogP contribution in [0.4, 0.5) is 0 Å². The van der Waals surface area contributed by atoms with Gasteiger partial charge in [0.05, 0.1) is 11.5 Å². The largest absolute Gasteiger partial charge is 0.494 e. The van der Waals surface area contributed by atoms with Crippen LogP contribution in [-0.4, -0.2) is 33.2 Å². The summed E-state index contributed by atoms with van der Waals surface area (Å²) in [6.07, 6.45) is 6.87. The predicted octanol–water partition coefficient (Wildman–Crippen LogP) is 2.31. The lowest BCUT2D eigenvalue weighted by molar-refractivity contribution is -0.122. The van der Waals surface area contributed by atoms with Gasteiger partial charge in [-0.3, -0.25) is 4.79 Å². The molecule has 6 heteroatoms. The van der Waals surface area contributed by atoms with Crippen molar-refractivity contribution in [2.75, 3.05) is 12.9 Å². The molecule has 0 saturated heterocycles. The van der Waals surface area contributed by atoms with E-state index in [1.807, 2.05) is 0 Å². The van der Waals surface area contributed by atoms with Crippen molar-refractivity contribution in [2.24, 2.45) is 0 Å². The van der Waals surface area contributed by atoms with Crippen LogP contribution in [0.2, 0.25) is 0 Å². The first-order valence-corrected chi connectivity index (χ1v) is 9.56. The Morgan fingerprint density at radius 2 is 1.86 bits per heavy atom. The van der Waals surface area contributed by atoms with Gasteiger partial charge in [-0.1, -0.05) is 12.8 Å². The second kappa shape index (κ2) is 7.63. The van der Waals surface area contributed by atoms with Crippen LogP contribution in [0, 0.1) is 0 Å². The molecule has 1 aromatic carbocycles. The van der Waals surface area contributed by atoms with E-state index in [-0.39, 0.29) is 10.8 Å². The number of hydrogen-bond acceptors (Lipinski definition) is 4. The number of benzene rings is 1. The quantitative estimate of drug-likeness (QED) is 0.781. The van der Waals surface area contributed by atoms with Crippen LogP contribution in [0.1, 0.15) is 38.5 Å². The highest BCUT2D eigenvalue weighted by Crippen LogP contribution is 2.18. The zero-order chi connectivity index (χ0) is 16.0.